The van der Waals surface area contributed by atoms with Gasteiger partial charge < -0.3 is 9.80 Å². The van der Waals surface area contributed by atoms with Gasteiger partial charge in [-0.1, -0.05) is 20.3 Å². The molecule has 0 saturated carbocycles. The molecule has 0 atom stereocenters. The molecule has 0 aromatic heterocycles. The van der Waals surface area contributed by atoms with Crippen molar-refractivity contribution in [1.82, 2.24) is 9.80 Å². The molecule has 0 radical (unpaired) electrons. The van der Waals surface area contributed by atoms with E-state index < -0.39 is 31.6 Å². The molecule has 0 spiro atoms. The number of nitrogens with zero attached hydrogens (tertiary/aromatic N) is 2. The highest BCUT2D eigenvalue weighted by molar-refractivity contribution is 7.46. The molecule has 14 nitrogen and oxygen atoms in total. The Morgan fingerprint density at radius 3 is 1.09 bits per heavy atom. The summed E-state index contributed by atoms with van der Waals surface area (Å²) in [6.07, 6.45) is 8.26. The molecule has 0 aromatic carbocycles. The Balaban J connectivity index is -0.000000167. The van der Waals surface area contributed by atoms with Crippen LogP contribution in [0.15, 0.2) is 12.4 Å². The lowest BCUT2D eigenvalue weighted by Crippen LogP contribution is -2.26. The van der Waals surface area contributed by atoms with Crippen LogP contribution in [0.1, 0.15) is 33.1 Å². The molecule has 0 bridgehead atoms. The first-order valence-electron chi connectivity index (χ1n) is 8.04. The van der Waals surface area contributed by atoms with Crippen LogP contribution in [-0.4, -0.2) is 68.7 Å². The van der Waals surface area contributed by atoms with E-state index in [1.165, 1.54) is 32.4 Å². The van der Waals surface area contributed by atoms with E-state index in [0.29, 0.717) is 0 Å². The molecular weight excluding hydrogens is 540 g/mol. The summed E-state index contributed by atoms with van der Waals surface area (Å²) >= 11 is 0. The highest BCUT2D eigenvalue weighted by atomic mass is 31.2. The van der Waals surface area contributed by atoms with Crippen LogP contribution < -0.4 is 0 Å². The number of unbranched alkanes of at least 4 members (excludes halogenated alkanes) is 1. The van der Waals surface area contributed by atoms with Gasteiger partial charge in [0.1, 0.15) is 0 Å². The zero-order chi connectivity index (χ0) is 26.8. The fraction of sp³-hybridized carbons (Fsp3) is 0.800. The standard InChI is InChI=1S/C10H20N2.4FH2O3P/c1-3-5-7-12-9-8-11(10-12)6-4-2;4*1-5(2,3)4/h8-9H,3-7,10H2,1-2H3;4*(H2,2,3,4). The van der Waals surface area contributed by atoms with Crippen molar-refractivity contribution in [3.63, 3.8) is 0 Å². The Hall–Kier alpha value is -0.340. The van der Waals surface area contributed by atoms with Gasteiger partial charge in [0, 0.05) is 25.5 Å². The summed E-state index contributed by atoms with van der Waals surface area (Å²) < 4.78 is 76.1. The molecule has 0 aromatic rings. The summed E-state index contributed by atoms with van der Waals surface area (Å²) in [5, 5.41) is 0. The lowest BCUT2D eigenvalue weighted by Gasteiger charge is -2.20. The summed E-state index contributed by atoms with van der Waals surface area (Å²) in [6.45, 7) is 7.98. The van der Waals surface area contributed by atoms with Crippen molar-refractivity contribution in [2.45, 2.75) is 33.1 Å². The van der Waals surface area contributed by atoms with Gasteiger partial charge in [-0.25, -0.2) is 18.3 Å². The van der Waals surface area contributed by atoms with Gasteiger partial charge in [-0.05, 0) is 12.8 Å². The summed E-state index contributed by atoms with van der Waals surface area (Å²) in [4.78, 5) is 60.5. The third-order valence-corrected chi connectivity index (χ3v) is 2.16. The second kappa shape index (κ2) is 19.0. The van der Waals surface area contributed by atoms with E-state index in [0.717, 1.165) is 6.67 Å². The minimum atomic E-state index is -5.14. The van der Waals surface area contributed by atoms with Crippen LogP contribution in [-0.2, 0) is 18.3 Å². The molecule has 1 rings (SSSR count). The minimum Gasteiger partial charge on any atom is -0.359 e. The lowest BCUT2D eigenvalue weighted by molar-refractivity contribution is 0.263. The highest BCUT2D eigenvalue weighted by Gasteiger charge is 2.09. The molecule has 0 amide bonds. The molecule has 1 aliphatic rings. The fourth-order valence-electron chi connectivity index (χ4n) is 1.46. The van der Waals surface area contributed by atoms with Gasteiger partial charge in [-0.3, -0.25) is 39.1 Å². The second-order valence-corrected chi connectivity index (χ2v) is 9.09. The summed E-state index contributed by atoms with van der Waals surface area (Å²) in [6, 6.07) is 0. The van der Waals surface area contributed by atoms with Crippen LogP contribution in [0.3, 0.4) is 0 Å². The highest BCUT2D eigenvalue weighted by Crippen LogP contribution is 2.36. The van der Waals surface area contributed by atoms with E-state index in [1.807, 2.05) is 0 Å². The Morgan fingerprint density at radius 2 is 0.875 bits per heavy atom. The van der Waals surface area contributed by atoms with Gasteiger partial charge in [0.05, 0.1) is 6.67 Å². The second-order valence-electron chi connectivity index (χ2n) is 5.31. The monoisotopic (exact) mass is 568 g/mol. The van der Waals surface area contributed by atoms with E-state index in [4.69, 9.17) is 57.4 Å². The maximum absolute atomic E-state index is 10.4. The average molecular weight is 568 g/mol. The first-order chi connectivity index (χ1) is 13.9. The Labute approximate surface area is 181 Å². The van der Waals surface area contributed by atoms with Crippen molar-refractivity contribution in [3.8, 4) is 0 Å². The first-order valence-corrected chi connectivity index (χ1v) is 14.0. The smallest absolute Gasteiger partial charge is 0.359 e. The molecular formula is C10H28F4N2O12P4. The van der Waals surface area contributed by atoms with Gasteiger partial charge in [0.25, 0.3) is 0 Å². The molecule has 198 valence electrons. The Kier molecular flexibility index (Phi) is 23.1. The van der Waals surface area contributed by atoms with Crippen LogP contribution in [0.4, 0.5) is 16.8 Å². The van der Waals surface area contributed by atoms with Crippen molar-refractivity contribution in [2.24, 2.45) is 0 Å². The largest absolute Gasteiger partial charge is 0.507 e. The van der Waals surface area contributed by atoms with Gasteiger partial charge in [-0.2, -0.15) is 0 Å². The zero-order valence-corrected chi connectivity index (χ0v) is 20.4. The van der Waals surface area contributed by atoms with Crippen molar-refractivity contribution in [2.75, 3.05) is 19.8 Å². The first kappa shape index (κ1) is 38.9. The van der Waals surface area contributed by atoms with E-state index in [2.05, 4.69) is 36.0 Å². The van der Waals surface area contributed by atoms with Gasteiger partial charge in [0.2, 0.25) is 0 Å². The normalized spacial score (nSPS) is 13.4. The predicted molar refractivity (Wildman–Crippen MR) is 105 cm³/mol. The third-order valence-electron chi connectivity index (χ3n) is 2.16. The molecule has 0 unspecified atom stereocenters. The van der Waals surface area contributed by atoms with Crippen LogP contribution >= 0.6 is 31.6 Å². The quantitative estimate of drug-likeness (QED) is 0.176. The Morgan fingerprint density at radius 1 is 0.625 bits per heavy atom. The molecule has 8 N–H and O–H groups in total. The molecule has 0 fully saturated rings. The van der Waals surface area contributed by atoms with Crippen LogP contribution in [0.5, 0.6) is 0 Å². The van der Waals surface area contributed by atoms with Crippen molar-refractivity contribution >= 4 is 31.6 Å². The Bertz CT molecular complexity index is 566. The summed E-state index contributed by atoms with van der Waals surface area (Å²) in [7, 11) is -20.6. The fourth-order valence-corrected chi connectivity index (χ4v) is 1.46. The average Bonchev–Trinajstić information content (AvgIpc) is 2.86. The van der Waals surface area contributed by atoms with Gasteiger partial charge >= 0.3 is 31.6 Å². The van der Waals surface area contributed by atoms with E-state index in [1.54, 1.807) is 0 Å². The van der Waals surface area contributed by atoms with Crippen LogP contribution in [0.25, 0.3) is 0 Å². The van der Waals surface area contributed by atoms with Crippen LogP contribution in [0.2, 0.25) is 0 Å². The van der Waals surface area contributed by atoms with Crippen molar-refractivity contribution in [1.29, 1.82) is 0 Å². The SMILES string of the molecule is CCCCN1C=CN(CCC)C1.O=P(O)(O)F.O=P(O)(O)F.O=P(O)(O)F.O=P(O)(O)F. The maximum atomic E-state index is 10.4. The van der Waals surface area contributed by atoms with E-state index >= 15 is 0 Å². The van der Waals surface area contributed by atoms with Gasteiger partial charge in [0.15, 0.2) is 0 Å². The summed E-state index contributed by atoms with van der Waals surface area (Å²) in [5.74, 6) is 0. The summed E-state index contributed by atoms with van der Waals surface area (Å²) in [5.41, 5.74) is 0. The molecule has 32 heavy (non-hydrogen) atoms. The number of rotatable bonds is 5. The number of hydrogen-bond donors (Lipinski definition) is 8. The van der Waals surface area contributed by atoms with Crippen molar-refractivity contribution < 1.29 is 74.2 Å². The molecule has 22 heteroatoms. The molecule has 0 aliphatic carbocycles. The number of hydrogen-bond acceptors (Lipinski definition) is 6. The molecule has 1 aliphatic heterocycles. The molecule has 0 saturated heterocycles. The van der Waals surface area contributed by atoms with Gasteiger partial charge in [-0.15, -0.1) is 16.8 Å². The molecule has 1 heterocycles. The van der Waals surface area contributed by atoms with Crippen molar-refractivity contribution in [3.05, 3.63) is 12.4 Å². The predicted octanol–water partition coefficient (Wildman–Crippen LogP) is 2.44. The maximum Gasteiger partial charge on any atom is 0.507 e. The van der Waals surface area contributed by atoms with Crippen LogP contribution in [0, 0.1) is 0 Å². The van der Waals surface area contributed by atoms with E-state index in [-0.39, 0.29) is 0 Å². The topological polar surface area (TPSA) is 237 Å². The number of halogens is 4. The lowest BCUT2D eigenvalue weighted by atomic mass is 10.3. The minimum absolute atomic E-state index is 1.10. The van der Waals surface area contributed by atoms with E-state index in [9.17, 15) is 16.8 Å². The zero-order valence-electron chi connectivity index (χ0n) is 16.8. The third kappa shape index (κ3) is 99.3.